The summed E-state index contributed by atoms with van der Waals surface area (Å²) in [5, 5.41) is 7.84. The van der Waals surface area contributed by atoms with E-state index in [0.717, 1.165) is 24.9 Å². The number of fused-ring (bicyclic) bond motifs is 8. The van der Waals surface area contributed by atoms with Crippen molar-refractivity contribution in [1.29, 1.82) is 0 Å². The van der Waals surface area contributed by atoms with E-state index in [4.69, 9.17) is 0 Å². The lowest BCUT2D eigenvalue weighted by Gasteiger charge is -2.38. The van der Waals surface area contributed by atoms with Crippen LogP contribution in [-0.2, 0) is 5.41 Å². The number of benzene rings is 9. The third-order valence-corrected chi connectivity index (χ3v) is 15.5. The molecule has 3 aliphatic carbocycles. The molecule has 0 aliphatic heterocycles. The lowest BCUT2D eigenvalue weighted by atomic mass is 9.66. The van der Waals surface area contributed by atoms with Crippen LogP contribution in [0.4, 0.5) is 11.4 Å². The number of hydrogen-bond donors (Lipinski definition) is 0. The van der Waals surface area contributed by atoms with Gasteiger partial charge in [-0.05, 0) is 127 Å². The number of hydrogen-bond acceptors (Lipinski definition) is 2. The summed E-state index contributed by atoms with van der Waals surface area (Å²) in [6.45, 7) is 0. The smallest absolute Gasteiger partial charge is 0.0674 e. The maximum absolute atomic E-state index is 2.58. The van der Waals surface area contributed by atoms with Gasteiger partial charge in [0.05, 0.1) is 11.1 Å². The average molecular weight is 848 g/mol. The molecule has 0 spiro atoms. The summed E-state index contributed by atoms with van der Waals surface area (Å²) in [4.78, 5) is 2.58. The first-order valence-electron chi connectivity index (χ1n) is 23.0. The molecule has 0 saturated heterocycles. The van der Waals surface area contributed by atoms with E-state index in [1.54, 1.807) is 0 Å². The van der Waals surface area contributed by atoms with Crippen LogP contribution >= 0.6 is 11.3 Å². The maximum Gasteiger partial charge on any atom is 0.0674 e. The van der Waals surface area contributed by atoms with Gasteiger partial charge in [0.2, 0.25) is 0 Å². The second-order valence-electron chi connectivity index (χ2n) is 17.7. The van der Waals surface area contributed by atoms with Gasteiger partial charge in [-0.2, -0.15) is 0 Å². The van der Waals surface area contributed by atoms with Crippen LogP contribution in [0.2, 0.25) is 0 Å². The first kappa shape index (κ1) is 38.0. The van der Waals surface area contributed by atoms with Crippen molar-refractivity contribution in [2.24, 2.45) is 0 Å². The number of rotatable bonds is 7. The van der Waals surface area contributed by atoms with Gasteiger partial charge in [0.25, 0.3) is 0 Å². The van der Waals surface area contributed by atoms with Gasteiger partial charge in [-0.25, -0.2) is 0 Å². The molecule has 1 unspecified atom stereocenters. The lowest BCUT2D eigenvalue weighted by molar-refractivity contribution is 0.688. The van der Waals surface area contributed by atoms with E-state index in [-0.39, 0.29) is 5.92 Å². The van der Waals surface area contributed by atoms with E-state index < -0.39 is 5.41 Å². The highest BCUT2D eigenvalue weighted by atomic mass is 32.1. The number of nitrogens with zero attached hydrogens (tertiary/aromatic N) is 1. The molecule has 0 bridgehead atoms. The van der Waals surface area contributed by atoms with Crippen molar-refractivity contribution in [3.8, 4) is 11.1 Å². The fourth-order valence-corrected chi connectivity index (χ4v) is 12.9. The van der Waals surface area contributed by atoms with Gasteiger partial charge < -0.3 is 4.90 Å². The summed E-state index contributed by atoms with van der Waals surface area (Å²) in [6, 6.07) is 79.5. The summed E-state index contributed by atoms with van der Waals surface area (Å²) in [5.41, 5.74) is 15.2. The van der Waals surface area contributed by atoms with Crippen LogP contribution in [0.1, 0.15) is 53.0 Å². The molecular formula is C63H45NS. The molecule has 1 heterocycles. The minimum Gasteiger partial charge on any atom is -0.310 e. The van der Waals surface area contributed by atoms with Gasteiger partial charge in [0, 0.05) is 37.5 Å². The van der Waals surface area contributed by atoms with E-state index in [1.807, 2.05) is 11.3 Å². The van der Waals surface area contributed by atoms with Crippen molar-refractivity contribution < 1.29 is 0 Å². The van der Waals surface area contributed by atoms with Gasteiger partial charge in [-0.15, -0.1) is 11.3 Å². The Morgan fingerprint density at radius 2 is 1.26 bits per heavy atom. The predicted molar refractivity (Wildman–Crippen MR) is 275 cm³/mol. The van der Waals surface area contributed by atoms with E-state index in [0.29, 0.717) is 0 Å². The summed E-state index contributed by atoms with van der Waals surface area (Å²) in [5.74, 6) is 0.245. The van der Waals surface area contributed by atoms with E-state index in [2.05, 4.69) is 235 Å². The number of thiophene rings is 1. The Balaban J connectivity index is 1.07. The molecule has 308 valence electrons. The topological polar surface area (TPSA) is 3.24 Å². The third kappa shape index (κ3) is 5.91. The van der Waals surface area contributed by atoms with Gasteiger partial charge in [-0.1, -0.05) is 194 Å². The molecule has 1 aromatic heterocycles. The molecule has 0 N–H and O–H groups in total. The van der Waals surface area contributed by atoms with Crippen LogP contribution in [-0.4, -0.2) is 0 Å². The largest absolute Gasteiger partial charge is 0.310 e. The Morgan fingerprint density at radius 3 is 2.12 bits per heavy atom. The van der Waals surface area contributed by atoms with Crippen molar-refractivity contribution in [3.05, 3.63) is 274 Å². The Labute approximate surface area is 383 Å². The highest BCUT2D eigenvalue weighted by Crippen LogP contribution is 2.60. The van der Waals surface area contributed by atoms with Gasteiger partial charge in [-0.3, -0.25) is 0 Å². The Kier molecular flexibility index (Phi) is 8.96. The minimum atomic E-state index is -0.456. The number of anilines is 2. The second-order valence-corrected chi connectivity index (χ2v) is 18.8. The minimum absolute atomic E-state index is 0.245. The van der Waals surface area contributed by atoms with Crippen LogP contribution in [0.25, 0.3) is 53.7 Å². The molecule has 1 nitrogen and oxygen atoms in total. The standard InChI is InChI=1S/C63H45NS/c1-3-22-45(23-4-1)63(46-24-5-2-6-25-46)56-32-13-11-29-52(56)53-39-37-48(41-57(53)63)64(58-33-17-35-60-62(58)55-30-12-14-34-59(55)65-60)47-26-15-21-44(40-47)51-38-36-43-19-8-10-28-50(43)61(51)54-31-16-20-42-18-7-9-27-49(42)54/h1-15,17-30,32-38,40-41,53H,16,31,39H2. The number of allylic oxidation sites excluding steroid dienone is 3. The molecule has 1 atom stereocenters. The third-order valence-electron chi connectivity index (χ3n) is 14.4. The molecule has 13 rings (SSSR count). The zero-order valence-corrected chi connectivity index (χ0v) is 36.8. The first-order chi connectivity index (χ1) is 32.3. The molecule has 10 aromatic rings. The average Bonchev–Trinajstić information content (AvgIpc) is 3.91. The molecular weight excluding hydrogens is 803 g/mol. The van der Waals surface area contributed by atoms with Crippen molar-refractivity contribution in [2.45, 2.75) is 30.6 Å². The summed E-state index contributed by atoms with van der Waals surface area (Å²) in [6.07, 6.45) is 10.4. The Hall–Kier alpha value is -7.52. The van der Waals surface area contributed by atoms with E-state index in [1.165, 1.54) is 103 Å². The van der Waals surface area contributed by atoms with Crippen LogP contribution in [0, 0.1) is 0 Å². The van der Waals surface area contributed by atoms with Crippen molar-refractivity contribution >= 4 is 65.3 Å². The van der Waals surface area contributed by atoms with Crippen LogP contribution in [0.15, 0.2) is 236 Å². The maximum atomic E-state index is 2.58. The van der Waals surface area contributed by atoms with Crippen LogP contribution in [0.5, 0.6) is 0 Å². The highest BCUT2D eigenvalue weighted by Gasteiger charge is 2.51. The Morgan fingerprint density at radius 1 is 0.554 bits per heavy atom. The van der Waals surface area contributed by atoms with Crippen molar-refractivity contribution in [2.75, 3.05) is 4.90 Å². The van der Waals surface area contributed by atoms with E-state index >= 15 is 0 Å². The summed E-state index contributed by atoms with van der Waals surface area (Å²) in [7, 11) is 0. The van der Waals surface area contributed by atoms with Gasteiger partial charge >= 0.3 is 0 Å². The quantitative estimate of drug-likeness (QED) is 0.154. The molecule has 3 aliphatic rings. The molecule has 0 fully saturated rings. The lowest BCUT2D eigenvalue weighted by Crippen LogP contribution is -2.31. The zero-order valence-electron chi connectivity index (χ0n) is 36.0. The van der Waals surface area contributed by atoms with Crippen LogP contribution in [0.3, 0.4) is 0 Å². The molecule has 65 heavy (non-hydrogen) atoms. The Bertz CT molecular complexity index is 3660. The molecule has 9 aromatic carbocycles. The summed E-state index contributed by atoms with van der Waals surface area (Å²) >= 11 is 1.88. The zero-order chi connectivity index (χ0) is 42.9. The fourth-order valence-electron chi connectivity index (χ4n) is 11.7. The highest BCUT2D eigenvalue weighted by molar-refractivity contribution is 7.26. The van der Waals surface area contributed by atoms with Crippen molar-refractivity contribution in [1.82, 2.24) is 0 Å². The second kappa shape index (κ2) is 15.3. The van der Waals surface area contributed by atoms with E-state index in [9.17, 15) is 0 Å². The van der Waals surface area contributed by atoms with Gasteiger partial charge in [0.15, 0.2) is 0 Å². The fraction of sp³-hybridized carbons (Fsp3) is 0.0794. The van der Waals surface area contributed by atoms with Gasteiger partial charge in [0.1, 0.15) is 0 Å². The van der Waals surface area contributed by atoms with Crippen LogP contribution < -0.4 is 15.3 Å². The summed E-state index contributed by atoms with van der Waals surface area (Å²) < 4.78 is 2.60. The molecule has 0 amide bonds. The van der Waals surface area contributed by atoms with Crippen molar-refractivity contribution in [3.63, 3.8) is 0 Å². The SMILES string of the molecule is C1=C(N(c2cccc(-c3ccc4ccccc4c3C3=c4ccccc4=CCC3)c2)c2cccc3sc4ccccc4c23)C=C2C(C1)c1ccccc1C2(c1ccccc1)c1ccccc1. The first-order valence-corrected chi connectivity index (χ1v) is 23.8. The predicted octanol–water partition coefficient (Wildman–Crippen LogP) is 15.1. The molecule has 2 heteroatoms. The normalized spacial score (nSPS) is 16.1. The molecule has 0 saturated carbocycles. The monoisotopic (exact) mass is 847 g/mol. The molecule has 0 radical (unpaired) electrons.